The summed E-state index contributed by atoms with van der Waals surface area (Å²) in [7, 11) is 0. The molecular formula is C12H12IN3O2. The number of halogens is 1. The van der Waals surface area contributed by atoms with Crippen LogP contribution in [0.5, 0.6) is 0 Å². The normalized spacial score (nSPS) is 10.9. The molecule has 2 rings (SSSR count). The predicted molar refractivity (Wildman–Crippen MR) is 79.9 cm³/mol. The summed E-state index contributed by atoms with van der Waals surface area (Å²) < 4.78 is 1.02. The zero-order valence-corrected chi connectivity index (χ0v) is 12.1. The van der Waals surface area contributed by atoms with Crippen LogP contribution in [-0.4, -0.2) is 15.9 Å². The largest absolute Gasteiger partial charge is 0.377 e. The Bertz CT molecular complexity index is 614. The Kier molecular flexibility index (Phi) is 3.65. The second-order valence-corrected chi connectivity index (χ2v) is 5.48. The second-order valence-electron chi connectivity index (χ2n) is 4.24. The van der Waals surface area contributed by atoms with Gasteiger partial charge in [0.1, 0.15) is 11.9 Å². The fourth-order valence-electron chi connectivity index (χ4n) is 1.73. The monoisotopic (exact) mass is 357 g/mol. The molecule has 0 bridgehead atoms. The van der Waals surface area contributed by atoms with Crippen molar-refractivity contribution in [2.75, 3.05) is 5.32 Å². The topological polar surface area (TPSA) is 68.1 Å². The number of aromatic nitrogens is 1. The molecule has 1 aromatic heterocycles. The Morgan fingerprint density at radius 3 is 2.78 bits per heavy atom. The number of anilines is 1. The summed E-state index contributed by atoms with van der Waals surface area (Å²) in [6, 6.07) is 5.82. The van der Waals surface area contributed by atoms with Gasteiger partial charge in [0.2, 0.25) is 0 Å². The van der Waals surface area contributed by atoms with Crippen LogP contribution in [0.15, 0.2) is 24.4 Å². The van der Waals surface area contributed by atoms with Gasteiger partial charge in [-0.3, -0.25) is 10.1 Å². The first-order chi connectivity index (χ1) is 8.49. The van der Waals surface area contributed by atoms with Crippen molar-refractivity contribution in [2.45, 2.75) is 19.9 Å². The van der Waals surface area contributed by atoms with E-state index < -0.39 is 4.92 Å². The van der Waals surface area contributed by atoms with E-state index >= 15 is 0 Å². The Morgan fingerprint density at radius 2 is 2.17 bits per heavy atom. The number of hydrogen-bond acceptors (Lipinski definition) is 4. The first-order valence-electron chi connectivity index (χ1n) is 5.48. The molecule has 0 fully saturated rings. The average Bonchev–Trinajstić information content (AvgIpc) is 2.28. The van der Waals surface area contributed by atoms with Crippen LogP contribution >= 0.6 is 22.6 Å². The fourth-order valence-corrected chi connectivity index (χ4v) is 2.22. The van der Waals surface area contributed by atoms with Crippen molar-refractivity contribution in [2.24, 2.45) is 0 Å². The molecule has 5 nitrogen and oxygen atoms in total. The molecule has 94 valence electrons. The van der Waals surface area contributed by atoms with E-state index in [4.69, 9.17) is 0 Å². The van der Waals surface area contributed by atoms with E-state index in [1.165, 1.54) is 6.20 Å². The molecule has 0 spiro atoms. The summed E-state index contributed by atoms with van der Waals surface area (Å²) in [6.45, 7) is 3.90. The molecule has 18 heavy (non-hydrogen) atoms. The zero-order chi connectivity index (χ0) is 13.3. The van der Waals surface area contributed by atoms with Gasteiger partial charge in [-0.2, -0.15) is 0 Å². The molecular weight excluding hydrogens is 345 g/mol. The highest BCUT2D eigenvalue weighted by atomic mass is 127. The van der Waals surface area contributed by atoms with Crippen LogP contribution in [0.3, 0.4) is 0 Å². The van der Waals surface area contributed by atoms with Gasteiger partial charge in [-0.15, -0.1) is 0 Å². The number of fused-ring (bicyclic) bond motifs is 1. The number of nitrogens with one attached hydrogen (secondary N) is 1. The van der Waals surface area contributed by atoms with E-state index in [-0.39, 0.29) is 11.7 Å². The van der Waals surface area contributed by atoms with Crippen molar-refractivity contribution < 1.29 is 4.92 Å². The van der Waals surface area contributed by atoms with Gasteiger partial charge in [0, 0.05) is 15.0 Å². The molecule has 6 heteroatoms. The van der Waals surface area contributed by atoms with Crippen LogP contribution in [0, 0.1) is 13.7 Å². The maximum Gasteiger partial charge on any atom is 0.311 e. The lowest BCUT2D eigenvalue weighted by Gasteiger charge is -2.12. The van der Waals surface area contributed by atoms with Crippen LogP contribution in [0.1, 0.15) is 13.8 Å². The third-order valence-electron chi connectivity index (χ3n) is 2.44. The van der Waals surface area contributed by atoms with E-state index in [0.717, 1.165) is 14.5 Å². The summed E-state index contributed by atoms with van der Waals surface area (Å²) in [5.74, 6) is 0. The molecule has 0 radical (unpaired) electrons. The quantitative estimate of drug-likeness (QED) is 0.518. The summed E-state index contributed by atoms with van der Waals surface area (Å²) in [5, 5.41) is 15.0. The van der Waals surface area contributed by atoms with Crippen LogP contribution < -0.4 is 5.32 Å². The van der Waals surface area contributed by atoms with Gasteiger partial charge in [-0.25, -0.2) is 4.98 Å². The van der Waals surface area contributed by atoms with Gasteiger partial charge in [-0.05, 0) is 54.6 Å². The van der Waals surface area contributed by atoms with E-state index in [1.54, 1.807) is 0 Å². The van der Waals surface area contributed by atoms with Crippen LogP contribution in [0.2, 0.25) is 0 Å². The minimum atomic E-state index is -0.406. The molecule has 1 aromatic carbocycles. The van der Waals surface area contributed by atoms with E-state index in [9.17, 15) is 10.1 Å². The minimum Gasteiger partial charge on any atom is -0.377 e. The van der Waals surface area contributed by atoms with Crippen molar-refractivity contribution in [3.05, 3.63) is 38.1 Å². The second kappa shape index (κ2) is 5.05. The number of rotatable bonds is 3. The smallest absolute Gasteiger partial charge is 0.311 e. The van der Waals surface area contributed by atoms with E-state index in [0.29, 0.717) is 5.69 Å². The maximum absolute atomic E-state index is 11.1. The average molecular weight is 357 g/mol. The highest BCUT2D eigenvalue weighted by Crippen LogP contribution is 2.32. The van der Waals surface area contributed by atoms with Gasteiger partial charge < -0.3 is 5.32 Å². The van der Waals surface area contributed by atoms with Crippen molar-refractivity contribution in [3.63, 3.8) is 0 Å². The third-order valence-corrected chi connectivity index (χ3v) is 3.11. The lowest BCUT2D eigenvalue weighted by molar-refractivity contribution is -0.384. The maximum atomic E-state index is 11.1. The van der Waals surface area contributed by atoms with Gasteiger partial charge in [0.25, 0.3) is 0 Å². The van der Waals surface area contributed by atoms with Crippen LogP contribution in [0.25, 0.3) is 10.9 Å². The Morgan fingerprint density at radius 1 is 1.44 bits per heavy atom. The van der Waals surface area contributed by atoms with Crippen molar-refractivity contribution in [3.8, 4) is 0 Å². The number of benzene rings is 1. The first kappa shape index (κ1) is 13.0. The molecule has 0 atom stereocenters. The number of nitrogens with zero attached hydrogens (tertiary/aromatic N) is 2. The summed E-state index contributed by atoms with van der Waals surface area (Å²) in [4.78, 5) is 14.8. The zero-order valence-electron chi connectivity index (χ0n) is 9.98. The van der Waals surface area contributed by atoms with Crippen LogP contribution in [0.4, 0.5) is 11.4 Å². The molecule has 0 saturated carbocycles. The SMILES string of the molecule is CC(C)Nc1c([N+](=O)[O-])cnc2ccc(I)cc12. The Labute approximate surface area is 118 Å². The highest BCUT2D eigenvalue weighted by Gasteiger charge is 2.18. The van der Waals surface area contributed by atoms with Crippen molar-refractivity contribution >= 4 is 44.9 Å². The molecule has 0 aliphatic rings. The standard InChI is InChI=1S/C12H12IN3O2/c1-7(2)15-12-9-5-8(13)3-4-10(9)14-6-11(12)16(17)18/h3-7H,1-2H3,(H,14,15). The van der Waals surface area contributed by atoms with E-state index in [2.05, 4.69) is 32.9 Å². The van der Waals surface area contributed by atoms with Gasteiger partial charge in [0.15, 0.2) is 0 Å². The van der Waals surface area contributed by atoms with Gasteiger partial charge in [-0.1, -0.05) is 0 Å². The van der Waals surface area contributed by atoms with E-state index in [1.807, 2.05) is 32.0 Å². The Balaban J connectivity index is 2.74. The number of pyridine rings is 1. The molecule has 2 aromatic rings. The number of hydrogen-bond donors (Lipinski definition) is 1. The van der Waals surface area contributed by atoms with Gasteiger partial charge >= 0.3 is 5.69 Å². The molecule has 0 aliphatic carbocycles. The molecule has 0 amide bonds. The third kappa shape index (κ3) is 2.53. The number of nitro groups is 1. The first-order valence-corrected chi connectivity index (χ1v) is 6.56. The summed E-state index contributed by atoms with van der Waals surface area (Å²) in [5.41, 5.74) is 1.31. The van der Waals surface area contributed by atoms with Crippen LogP contribution in [-0.2, 0) is 0 Å². The Hall–Kier alpha value is -1.44. The predicted octanol–water partition coefficient (Wildman–Crippen LogP) is 3.57. The molecule has 0 unspecified atom stereocenters. The molecule has 0 aliphatic heterocycles. The molecule has 1 heterocycles. The highest BCUT2D eigenvalue weighted by molar-refractivity contribution is 14.1. The minimum absolute atomic E-state index is 0.0122. The molecule has 1 N–H and O–H groups in total. The lowest BCUT2D eigenvalue weighted by Crippen LogP contribution is -2.12. The summed E-state index contributed by atoms with van der Waals surface area (Å²) in [6.07, 6.45) is 1.31. The van der Waals surface area contributed by atoms with Crippen molar-refractivity contribution in [1.82, 2.24) is 4.98 Å². The fraction of sp³-hybridized carbons (Fsp3) is 0.250. The lowest BCUT2D eigenvalue weighted by atomic mass is 10.1. The van der Waals surface area contributed by atoms with Gasteiger partial charge in [0.05, 0.1) is 10.4 Å². The summed E-state index contributed by atoms with van der Waals surface area (Å²) >= 11 is 2.18. The van der Waals surface area contributed by atoms with Crippen molar-refractivity contribution in [1.29, 1.82) is 0 Å². The molecule has 0 saturated heterocycles.